The van der Waals surface area contributed by atoms with Crippen molar-refractivity contribution in [2.75, 3.05) is 20.3 Å². The summed E-state index contributed by atoms with van der Waals surface area (Å²) < 4.78 is 0. The molecule has 0 saturated carbocycles. The second kappa shape index (κ2) is 4.77. The summed E-state index contributed by atoms with van der Waals surface area (Å²) in [4.78, 5) is 2.13. The van der Waals surface area contributed by atoms with Gasteiger partial charge in [0, 0.05) is 13.2 Å². The zero-order valence-corrected chi connectivity index (χ0v) is 6.72. The van der Waals surface area contributed by atoms with Crippen LogP contribution >= 0.6 is 0 Å². The third-order valence-electron chi connectivity index (χ3n) is 1.63. The molecule has 0 fully saturated rings. The maximum absolute atomic E-state index is 5.40. The molecule has 1 unspecified atom stereocenters. The van der Waals surface area contributed by atoms with Gasteiger partial charge in [0.05, 0.1) is 0 Å². The summed E-state index contributed by atoms with van der Waals surface area (Å²) in [5, 5.41) is 0. The highest BCUT2D eigenvalue weighted by Crippen LogP contribution is 2.00. The number of hydrogen-bond donors (Lipinski definition) is 1. The molecule has 0 heterocycles. The second-order valence-corrected chi connectivity index (χ2v) is 2.73. The molecule has 1 atom stereocenters. The Kier molecular flexibility index (Phi) is 4.72. The fourth-order valence-corrected chi connectivity index (χ4v) is 0.736. The molecule has 0 aromatic rings. The molecule has 9 heavy (non-hydrogen) atoms. The first-order valence-corrected chi connectivity index (χ1v) is 3.59. The fourth-order valence-electron chi connectivity index (χ4n) is 0.736. The molecule has 0 aromatic carbocycles. The van der Waals surface area contributed by atoms with Gasteiger partial charge in [-0.15, -0.1) is 0 Å². The first-order valence-electron chi connectivity index (χ1n) is 3.59. The Labute approximate surface area is 58.0 Å². The van der Waals surface area contributed by atoms with Crippen molar-refractivity contribution in [1.29, 1.82) is 0 Å². The normalized spacial score (nSPS) is 14.3. The smallest absolute Gasteiger partial charge is 0.0452 e. The summed E-state index contributed by atoms with van der Waals surface area (Å²) in [5.74, 6) is 0.776. The zero-order valence-electron chi connectivity index (χ0n) is 6.72. The Balaban J connectivity index is 3.22. The Morgan fingerprint density at radius 1 is 1.56 bits per heavy atom. The lowest BCUT2D eigenvalue weighted by Gasteiger charge is -2.17. The molecule has 2 nitrogen and oxygen atoms in total. The van der Waals surface area contributed by atoms with E-state index in [0.717, 1.165) is 12.5 Å². The van der Waals surface area contributed by atoms with Crippen LogP contribution in [0.5, 0.6) is 0 Å². The van der Waals surface area contributed by atoms with E-state index in [9.17, 15) is 0 Å². The molecule has 56 valence electrons. The maximum Gasteiger partial charge on any atom is 0.0452 e. The van der Waals surface area contributed by atoms with Crippen molar-refractivity contribution in [2.24, 2.45) is 11.7 Å². The topological polar surface area (TPSA) is 29.3 Å². The Morgan fingerprint density at radius 3 is 2.44 bits per heavy atom. The minimum Gasteiger partial charge on any atom is -0.318 e. The van der Waals surface area contributed by atoms with Crippen LogP contribution in [-0.4, -0.2) is 25.2 Å². The minimum absolute atomic E-state index is 0.671. The molecule has 0 rings (SSSR count). The van der Waals surface area contributed by atoms with Crippen LogP contribution in [0, 0.1) is 5.92 Å². The monoisotopic (exact) mass is 130 g/mol. The van der Waals surface area contributed by atoms with Gasteiger partial charge in [0.1, 0.15) is 0 Å². The van der Waals surface area contributed by atoms with E-state index in [1.54, 1.807) is 0 Å². The van der Waals surface area contributed by atoms with Crippen LogP contribution in [-0.2, 0) is 0 Å². The highest BCUT2D eigenvalue weighted by molar-refractivity contribution is 4.53. The molecular formula is C7H18N2. The molecule has 0 aliphatic heterocycles. The van der Waals surface area contributed by atoms with Gasteiger partial charge < -0.3 is 5.73 Å². The van der Waals surface area contributed by atoms with Gasteiger partial charge in [0.15, 0.2) is 0 Å². The van der Waals surface area contributed by atoms with Crippen LogP contribution in [0.25, 0.3) is 0 Å². The first-order chi connectivity index (χ1) is 4.20. The second-order valence-electron chi connectivity index (χ2n) is 2.73. The molecule has 0 saturated heterocycles. The van der Waals surface area contributed by atoms with E-state index in [1.807, 2.05) is 7.05 Å². The fraction of sp³-hybridized carbons (Fsp3) is 1.00. The van der Waals surface area contributed by atoms with Crippen LogP contribution < -0.4 is 5.73 Å². The Bertz CT molecular complexity index is 55.9. The van der Waals surface area contributed by atoms with Crippen LogP contribution in [0.1, 0.15) is 20.3 Å². The third-order valence-corrected chi connectivity index (χ3v) is 1.63. The van der Waals surface area contributed by atoms with E-state index in [0.29, 0.717) is 6.67 Å². The van der Waals surface area contributed by atoms with Crippen LogP contribution in [0.3, 0.4) is 0 Å². The number of rotatable bonds is 4. The lowest BCUT2D eigenvalue weighted by atomic mass is 10.1. The van der Waals surface area contributed by atoms with Crippen LogP contribution in [0.4, 0.5) is 0 Å². The van der Waals surface area contributed by atoms with Gasteiger partial charge in [-0.25, -0.2) is 0 Å². The van der Waals surface area contributed by atoms with Gasteiger partial charge in [-0.3, -0.25) is 4.90 Å². The molecule has 2 heteroatoms. The molecule has 2 N–H and O–H groups in total. The summed E-state index contributed by atoms with van der Waals surface area (Å²) in [5.41, 5.74) is 5.40. The molecule has 0 bridgehead atoms. The number of nitrogens with zero attached hydrogens (tertiary/aromatic N) is 1. The molecule has 0 aliphatic carbocycles. The first kappa shape index (κ1) is 8.92. The van der Waals surface area contributed by atoms with E-state index in [4.69, 9.17) is 5.73 Å². The van der Waals surface area contributed by atoms with E-state index >= 15 is 0 Å². The molecule has 0 radical (unpaired) electrons. The molecule has 0 aromatic heterocycles. The van der Waals surface area contributed by atoms with Crippen molar-refractivity contribution in [3.8, 4) is 0 Å². The summed E-state index contributed by atoms with van der Waals surface area (Å²) in [6.45, 7) is 6.23. The maximum atomic E-state index is 5.40. The molecular weight excluding hydrogens is 112 g/mol. The quantitative estimate of drug-likeness (QED) is 0.572. The number of hydrogen-bond acceptors (Lipinski definition) is 2. The highest BCUT2D eigenvalue weighted by atomic mass is 15.1. The van der Waals surface area contributed by atoms with Crippen LogP contribution in [0.2, 0.25) is 0 Å². The van der Waals surface area contributed by atoms with Gasteiger partial charge in [0.25, 0.3) is 0 Å². The average Bonchev–Trinajstić information content (AvgIpc) is 1.87. The highest BCUT2D eigenvalue weighted by Gasteiger charge is 2.00. The molecule has 0 spiro atoms. The average molecular weight is 130 g/mol. The van der Waals surface area contributed by atoms with Gasteiger partial charge in [-0.1, -0.05) is 20.3 Å². The van der Waals surface area contributed by atoms with Crippen molar-refractivity contribution in [1.82, 2.24) is 4.90 Å². The van der Waals surface area contributed by atoms with Crippen molar-refractivity contribution in [2.45, 2.75) is 20.3 Å². The Morgan fingerprint density at radius 2 is 2.11 bits per heavy atom. The summed E-state index contributed by atoms with van der Waals surface area (Å²) >= 11 is 0. The van der Waals surface area contributed by atoms with Crippen molar-refractivity contribution in [3.05, 3.63) is 0 Å². The van der Waals surface area contributed by atoms with Gasteiger partial charge >= 0.3 is 0 Å². The van der Waals surface area contributed by atoms with Crippen molar-refractivity contribution < 1.29 is 0 Å². The SMILES string of the molecule is CCC(C)CN(C)CN. The predicted octanol–water partition coefficient (Wildman–Crippen LogP) is 0.881. The Hall–Kier alpha value is -0.0800. The van der Waals surface area contributed by atoms with Crippen molar-refractivity contribution >= 4 is 0 Å². The largest absolute Gasteiger partial charge is 0.318 e. The minimum atomic E-state index is 0.671. The van der Waals surface area contributed by atoms with Gasteiger partial charge in [-0.05, 0) is 13.0 Å². The van der Waals surface area contributed by atoms with Crippen LogP contribution in [0.15, 0.2) is 0 Å². The van der Waals surface area contributed by atoms with Crippen molar-refractivity contribution in [3.63, 3.8) is 0 Å². The van der Waals surface area contributed by atoms with Gasteiger partial charge in [-0.2, -0.15) is 0 Å². The summed E-state index contributed by atoms with van der Waals surface area (Å²) in [6.07, 6.45) is 1.24. The van der Waals surface area contributed by atoms with E-state index in [-0.39, 0.29) is 0 Å². The lowest BCUT2D eigenvalue weighted by Crippen LogP contribution is -2.29. The molecule has 0 aliphatic rings. The van der Waals surface area contributed by atoms with Gasteiger partial charge in [0.2, 0.25) is 0 Å². The summed E-state index contributed by atoms with van der Waals surface area (Å²) in [7, 11) is 2.05. The van der Waals surface area contributed by atoms with E-state index in [1.165, 1.54) is 6.42 Å². The lowest BCUT2D eigenvalue weighted by molar-refractivity contribution is 0.289. The summed E-state index contributed by atoms with van der Waals surface area (Å²) in [6, 6.07) is 0. The standard InChI is InChI=1S/C7H18N2/c1-4-7(2)5-9(3)6-8/h7H,4-6,8H2,1-3H3. The van der Waals surface area contributed by atoms with E-state index in [2.05, 4.69) is 18.7 Å². The third kappa shape index (κ3) is 4.43. The zero-order chi connectivity index (χ0) is 7.28. The number of nitrogens with two attached hydrogens (primary N) is 1. The molecule has 0 amide bonds. The van der Waals surface area contributed by atoms with E-state index < -0.39 is 0 Å². The predicted molar refractivity (Wildman–Crippen MR) is 41.1 cm³/mol.